The van der Waals surface area contributed by atoms with E-state index in [-0.39, 0.29) is 11.6 Å². The first-order valence-corrected chi connectivity index (χ1v) is 7.07. The highest BCUT2D eigenvalue weighted by Crippen LogP contribution is 2.19. The van der Waals surface area contributed by atoms with Crippen LogP contribution in [0.1, 0.15) is 15.9 Å². The Morgan fingerprint density at radius 2 is 1.79 bits per heavy atom. The molecule has 0 fully saturated rings. The molecular weight excluding hydrogens is 304 g/mol. The Bertz CT molecular complexity index is 850. The molecule has 0 aliphatic rings. The average Bonchev–Trinajstić information content (AvgIpc) is 2.57. The number of amidine groups is 1. The number of nitrogens with one attached hydrogen (secondary N) is 3. The number of carbonyl (C=O) groups is 1. The number of aryl methyl sites for hydroxylation is 1. The molecule has 0 radical (unpaired) electrons. The van der Waals surface area contributed by atoms with Crippen molar-refractivity contribution in [3.05, 3.63) is 59.7 Å². The van der Waals surface area contributed by atoms with Gasteiger partial charge in [-0.25, -0.2) is 0 Å². The van der Waals surface area contributed by atoms with E-state index in [0.29, 0.717) is 16.9 Å². The molecule has 2 aromatic rings. The summed E-state index contributed by atoms with van der Waals surface area (Å²) in [5.74, 6) is -0.768. The maximum atomic E-state index is 12.5. The van der Waals surface area contributed by atoms with Gasteiger partial charge in [-0.2, -0.15) is 10.4 Å². The van der Waals surface area contributed by atoms with Gasteiger partial charge in [0.25, 0.3) is 5.91 Å². The van der Waals surface area contributed by atoms with Crippen LogP contribution in [0.3, 0.4) is 0 Å². The standard InChI is InChI=1S/C17H16N6O/c1-11-6-2-4-8-13(11)21-17(24)12-7-3-5-9-14(12)22-23-15(10-18)16(19)20/h2-9,22H,1H3,(H3,19,20)(H,21,24)/b23-15+. The van der Waals surface area contributed by atoms with Gasteiger partial charge in [0, 0.05) is 5.69 Å². The zero-order valence-corrected chi connectivity index (χ0v) is 13.0. The third-order valence-corrected chi connectivity index (χ3v) is 3.21. The molecule has 0 aliphatic carbocycles. The number of anilines is 2. The van der Waals surface area contributed by atoms with E-state index < -0.39 is 5.84 Å². The van der Waals surface area contributed by atoms with Crippen LogP contribution in [0.4, 0.5) is 11.4 Å². The first-order chi connectivity index (χ1) is 11.5. The lowest BCUT2D eigenvalue weighted by molar-refractivity contribution is 0.102. The molecule has 1 amide bonds. The first-order valence-electron chi connectivity index (χ1n) is 7.07. The van der Waals surface area contributed by atoms with Crippen molar-refractivity contribution >= 4 is 28.8 Å². The van der Waals surface area contributed by atoms with Gasteiger partial charge in [0.15, 0.2) is 5.84 Å². The summed E-state index contributed by atoms with van der Waals surface area (Å²) in [5, 5.41) is 22.7. The second-order valence-electron chi connectivity index (χ2n) is 4.91. The Morgan fingerprint density at radius 1 is 1.17 bits per heavy atom. The maximum Gasteiger partial charge on any atom is 0.257 e. The van der Waals surface area contributed by atoms with Gasteiger partial charge in [-0.15, -0.1) is 0 Å². The summed E-state index contributed by atoms with van der Waals surface area (Å²) in [5.41, 5.74) is 9.99. The molecule has 0 aromatic heterocycles. The smallest absolute Gasteiger partial charge is 0.257 e. The fourth-order valence-electron chi connectivity index (χ4n) is 1.94. The van der Waals surface area contributed by atoms with E-state index in [0.717, 1.165) is 5.56 Å². The molecule has 0 unspecified atom stereocenters. The molecule has 0 heterocycles. The minimum atomic E-state index is -0.452. The van der Waals surface area contributed by atoms with Crippen molar-refractivity contribution in [3.8, 4) is 6.07 Å². The van der Waals surface area contributed by atoms with Crippen LogP contribution in [-0.4, -0.2) is 17.5 Å². The third kappa shape index (κ3) is 3.96. The van der Waals surface area contributed by atoms with Crippen LogP contribution in [0.5, 0.6) is 0 Å². The molecule has 120 valence electrons. The molecule has 0 saturated heterocycles. The minimum Gasteiger partial charge on any atom is -0.382 e. The van der Waals surface area contributed by atoms with Crippen LogP contribution < -0.4 is 16.5 Å². The number of hydrazone groups is 1. The Hall–Kier alpha value is -3.66. The molecule has 0 saturated carbocycles. The average molecular weight is 320 g/mol. The number of nitriles is 1. The van der Waals surface area contributed by atoms with Gasteiger partial charge in [0.1, 0.15) is 6.07 Å². The summed E-state index contributed by atoms with van der Waals surface area (Å²) in [6, 6.07) is 15.9. The molecule has 0 aliphatic heterocycles. The number of hydrogen-bond donors (Lipinski definition) is 4. The van der Waals surface area contributed by atoms with Crippen LogP contribution in [0.15, 0.2) is 53.6 Å². The zero-order valence-electron chi connectivity index (χ0n) is 13.0. The lowest BCUT2D eigenvalue weighted by Gasteiger charge is -2.11. The second kappa shape index (κ2) is 7.56. The number of nitrogens with two attached hydrogens (primary N) is 1. The maximum absolute atomic E-state index is 12.5. The number of carbonyl (C=O) groups excluding carboxylic acids is 1. The molecule has 24 heavy (non-hydrogen) atoms. The molecule has 2 rings (SSSR count). The van der Waals surface area contributed by atoms with Crippen molar-refractivity contribution in [2.45, 2.75) is 6.92 Å². The highest BCUT2D eigenvalue weighted by molar-refractivity contribution is 6.45. The van der Waals surface area contributed by atoms with E-state index >= 15 is 0 Å². The van der Waals surface area contributed by atoms with Gasteiger partial charge < -0.3 is 11.1 Å². The molecule has 5 N–H and O–H groups in total. The summed E-state index contributed by atoms with van der Waals surface area (Å²) in [6.07, 6.45) is 0. The van der Waals surface area contributed by atoms with Crippen LogP contribution in [0.2, 0.25) is 0 Å². The lowest BCUT2D eigenvalue weighted by atomic mass is 10.1. The summed E-state index contributed by atoms with van der Waals surface area (Å²) < 4.78 is 0. The Labute approximate surface area is 139 Å². The first kappa shape index (κ1) is 16.7. The van der Waals surface area contributed by atoms with E-state index in [1.807, 2.05) is 31.2 Å². The van der Waals surface area contributed by atoms with E-state index in [1.54, 1.807) is 30.3 Å². The van der Waals surface area contributed by atoms with E-state index in [1.165, 1.54) is 0 Å². The predicted molar refractivity (Wildman–Crippen MR) is 94.2 cm³/mol. The number of amides is 1. The SMILES string of the molecule is Cc1ccccc1NC(=O)c1ccccc1N/N=C(\C#N)C(=N)N. The molecule has 7 heteroatoms. The Balaban J connectivity index is 2.26. The van der Waals surface area contributed by atoms with Crippen LogP contribution in [0.25, 0.3) is 0 Å². The molecule has 0 bridgehead atoms. The fraction of sp³-hybridized carbons (Fsp3) is 0.0588. The van der Waals surface area contributed by atoms with Gasteiger partial charge in [-0.3, -0.25) is 15.6 Å². The summed E-state index contributed by atoms with van der Waals surface area (Å²) in [4.78, 5) is 12.5. The molecule has 0 spiro atoms. The number of rotatable bonds is 5. The van der Waals surface area contributed by atoms with Crippen molar-refractivity contribution in [2.24, 2.45) is 10.8 Å². The highest BCUT2D eigenvalue weighted by Gasteiger charge is 2.12. The molecule has 7 nitrogen and oxygen atoms in total. The van der Waals surface area contributed by atoms with Crippen LogP contribution >= 0.6 is 0 Å². The number of benzene rings is 2. The van der Waals surface area contributed by atoms with Crippen LogP contribution in [-0.2, 0) is 0 Å². The lowest BCUT2D eigenvalue weighted by Crippen LogP contribution is -2.22. The predicted octanol–water partition coefficient (Wildman–Crippen LogP) is 2.47. The van der Waals surface area contributed by atoms with Gasteiger partial charge in [0.05, 0.1) is 11.3 Å². The monoisotopic (exact) mass is 320 g/mol. The second-order valence-corrected chi connectivity index (χ2v) is 4.91. The van der Waals surface area contributed by atoms with Crippen LogP contribution in [0, 0.1) is 23.7 Å². The molecule has 0 atom stereocenters. The Kier molecular flexibility index (Phi) is 5.26. The van der Waals surface area contributed by atoms with Gasteiger partial charge in [-0.05, 0) is 30.7 Å². The number of para-hydroxylation sites is 2. The zero-order chi connectivity index (χ0) is 17.5. The van der Waals surface area contributed by atoms with Gasteiger partial charge in [0.2, 0.25) is 5.71 Å². The van der Waals surface area contributed by atoms with Crippen molar-refractivity contribution in [1.29, 1.82) is 10.7 Å². The van der Waals surface area contributed by atoms with Crippen molar-refractivity contribution in [1.82, 2.24) is 0 Å². The van der Waals surface area contributed by atoms with E-state index in [2.05, 4.69) is 15.8 Å². The fourth-order valence-corrected chi connectivity index (χ4v) is 1.94. The van der Waals surface area contributed by atoms with E-state index in [4.69, 9.17) is 16.4 Å². The van der Waals surface area contributed by atoms with E-state index in [9.17, 15) is 4.79 Å². The van der Waals surface area contributed by atoms with Gasteiger partial charge >= 0.3 is 0 Å². The highest BCUT2D eigenvalue weighted by atomic mass is 16.1. The quantitative estimate of drug-likeness (QED) is 0.383. The summed E-state index contributed by atoms with van der Waals surface area (Å²) >= 11 is 0. The largest absolute Gasteiger partial charge is 0.382 e. The molecule has 2 aromatic carbocycles. The Morgan fingerprint density at radius 3 is 2.42 bits per heavy atom. The van der Waals surface area contributed by atoms with Crippen molar-refractivity contribution in [2.75, 3.05) is 10.7 Å². The summed E-state index contributed by atoms with van der Waals surface area (Å²) in [7, 11) is 0. The minimum absolute atomic E-state index is 0.260. The van der Waals surface area contributed by atoms with Crippen molar-refractivity contribution < 1.29 is 4.79 Å². The van der Waals surface area contributed by atoms with Gasteiger partial charge in [-0.1, -0.05) is 30.3 Å². The normalized spacial score (nSPS) is 10.6. The number of nitrogens with zero attached hydrogens (tertiary/aromatic N) is 2. The van der Waals surface area contributed by atoms with Crippen molar-refractivity contribution in [3.63, 3.8) is 0 Å². The number of hydrogen-bond acceptors (Lipinski definition) is 5. The molecular formula is C17H16N6O. The summed E-state index contributed by atoms with van der Waals surface area (Å²) in [6.45, 7) is 1.90. The third-order valence-electron chi connectivity index (χ3n) is 3.21. The topological polar surface area (TPSA) is 127 Å².